The molecule has 2 rings (SSSR count). The zero-order valence-corrected chi connectivity index (χ0v) is 12.5. The molecule has 0 aliphatic carbocycles. The first-order chi connectivity index (χ1) is 9.68. The summed E-state index contributed by atoms with van der Waals surface area (Å²) in [6.07, 6.45) is 0. The molecule has 1 aromatic carbocycles. The molecule has 1 aliphatic rings. The van der Waals surface area contributed by atoms with Gasteiger partial charge in [-0.3, -0.25) is 4.79 Å². The summed E-state index contributed by atoms with van der Waals surface area (Å²) in [7, 11) is 0. The third-order valence-electron chi connectivity index (χ3n) is 3.69. The lowest BCUT2D eigenvalue weighted by Gasteiger charge is -2.31. The Balaban J connectivity index is 1.59. The minimum absolute atomic E-state index is 0.0767. The van der Waals surface area contributed by atoms with Crippen molar-refractivity contribution >= 4 is 17.7 Å². The van der Waals surface area contributed by atoms with E-state index in [1.54, 1.807) is 23.9 Å². The number of amides is 1. The normalized spacial score (nSPS) is 16.5. The van der Waals surface area contributed by atoms with Crippen LogP contribution in [0.25, 0.3) is 0 Å². The average molecular weight is 296 g/mol. The number of benzene rings is 1. The summed E-state index contributed by atoms with van der Waals surface area (Å²) in [6.45, 7) is 4.50. The van der Waals surface area contributed by atoms with Gasteiger partial charge in [-0.15, -0.1) is 0 Å². The summed E-state index contributed by atoms with van der Waals surface area (Å²) in [5, 5.41) is 6.13. The predicted octanol–water partition coefficient (Wildman–Crippen LogP) is 2.03. The van der Waals surface area contributed by atoms with E-state index >= 15 is 0 Å². The molecule has 1 aromatic rings. The van der Waals surface area contributed by atoms with Crippen LogP contribution in [0.2, 0.25) is 0 Å². The standard InChI is InChI=1S/C15H21FN2OS/c1-11(13-8-17-9-13)15(19)18-6-7-20-10-12-4-2-3-5-14(12)16/h2-5,11,13,17H,6-10H2,1H3,(H,18,19). The van der Waals surface area contributed by atoms with Gasteiger partial charge >= 0.3 is 0 Å². The Bertz CT molecular complexity index is 451. The molecule has 20 heavy (non-hydrogen) atoms. The summed E-state index contributed by atoms with van der Waals surface area (Å²) in [4.78, 5) is 11.9. The minimum Gasteiger partial charge on any atom is -0.355 e. The van der Waals surface area contributed by atoms with Gasteiger partial charge in [0, 0.05) is 24.0 Å². The second kappa shape index (κ2) is 7.64. The van der Waals surface area contributed by atoms with Gasteiger partial charge in [0.2, 0.25) is 5.91 Å². The molecule has 0 saturated carbocycles. The van der Waals surface area contributed by atoms with Crippen molar-refractivity contribution in [1.29, 1.82) is 0 Å². The molecular formula is C15H21FN2OS. The van der Waals surface area contributed by atoms with Crippen molar-refractivity contribution in [2.75, 3.05) is 25.4 Å². The lowest BCUT2D eigenvalue weighted by Crippen LogP contribution is -2.49. The van der Waals surface area contributed by atoms with Crippen LogP contribution in [0.1, 0.15) is 12.5 Å². The van der Waals surface area contributed by atoms with Crippen LogP contribution in [-0.4, -0.2) is 31.3 Å². The second-order valence-corrected chi connectivity index (χ2v) is 6.25. The first-order valence-corrected chi connectivity index (χ1v) is 8.13. The summed E-state index contributed by atoms with van der Waals surface area (Å²) in [6, 6.07) is 6.81. The van der Waals surface area contributed by atoms with Crippen LogP contribution in [0.3, 0.4) is 0 Å². The summed E-state index contributed by atoms with van der Waals surface area (Å²) < 4.78 is 13.4. The fourth-order valence-electron chi connectivity index (χ4n) is 2.08. The number of hydrogen-bond donors (Lipinski definition) is 2. The maximum atomic E-state index is 13.4. The molecule has 5 heteroatoms. The van der Waals surface area contributed by atoms with Crippen LogP contribution in [0.4, 0.5) is 4.39 Å². The molecule has 1 atom stereocenters. The lowest BCUT2D eigenvalue weighted by atomic mass is 9.88. The molecule has 2 N–H and O–H groups in total. The Hall–Kier alpha value is -1.07. The summed E-state index contributed by atoms with van der Waals surface area (Å²) in [5.41, 5.74) is 0.720. The van der Waals surface area contributed by atoms with Crippen LogP contribution in [-0.2, 0) is 10.5 Å². The summed E-state index contributed by atoms with van der Waals surface area (Å²) >= 11 is 1.64. The van der Waals surface area contributed by atoms with Gasteiger partial charge in [0.1, 0.15) is 5.82 Å². The van der Waals surface area contributed by atoms with Gasteiger partial charge in [0.15, 0.2) is 0 Å². The number of carbonyl (C=O) groups is 1. The van der Waals surface area contributed by atoms with Crippen LogP contribution in [0.5, 0.6) is 0 Å². The molecule has 0 spiro atoms. The van der Waals surface area contributed by atoms with Gasteiger partial charge in [-0.1, -0.05) is 25.1 Å². The Morgan fingerprint density at radius 2 is 2.25 bits per heavy atom. The van der Waals surface area contributed by atoms with Crippen LogP contribution in [0, 0.1) is 17.7 Å². The number of hydrogen-bond acceptors (Lipinski definition) is 3. The predicted molar refractivity (Wildman–Crippen MR) is 81.1 cm³/mol. The largest absolute Gasteiger partial charge is 0.355 e. The van der Waals surface area contributed by atoms with Gasteiger partial charge in [0.25, 0.3) is 0 Å². The minimum atomic E-state index is -0.157. The molecule has 1 saturated heterocycles. The zero-order valence-electron chi connectivity index (χ0n) is 11.7. The lowest BCUT2D eigenvalue weighted by molar-refractivity contribution is -0.126. The van der Waals surface area contributed by atoms with E-state index in [1.165, 1.54) is 6.07 Å². The van der Waals surface area contributed by atoms with Crippen molar-refractivity contribution in [2.45, 2.75) is 12.7 Å². The van der Waals surface area contributed by atoms with Gasteiger partial charge in [0.05, 0.1) is 0 Å². The number of thioether (sulfide) groups is 1. The topological polar surface area (TPSA) is 41.1 Å². The molecule has 1 fully saturated rings. The van der Waals surface area contributed by atoms with Crippen LogP contribution in [0.15, 0.2) is 24.3 Å². The van der Waals surface area contributed by atoms with Crippen molar-refractivity contribution in [3.8, 4) is 0 Å². The second-order valence-electron chi connectivity index (χ2n) is 5.14. The maximum Gasteiger partial charge on any atom is 0.223 e. The molecule has 1 amide bonds. The van der Waals surface area contributed by atoms with Gasteiger partial charge < -0.3 is 10.6 Å². The Morgan fingerprint density at radius 3 is 2.90 bits per heavy atom. The van der Waals surface area contributed by atoms with Crippen molar-refractivity contribution < 1.29 is 9.18 Å². The SMILES string of the molecule is CC(C(=O)NCCSCc1ccccc1F)C1CNC1. The number of nitrogens with one attached hydrogen (secondary N) is 2. The van der Waals surface area contributed by atoms with Crippen molar-refractivity contribution in [3.05, 3.63) is 35.6 Å². The van der Waals surface area contributed by atoms with E-state index in [1.807, 2.05) is 13.0 Å². The highest BCUT2D eigenvalue weighted by molar-refractivity contribution is 7.98. The van der Waals surface area contributed by atoms with Crippen molar-refractivity contribution in [2.24, 2.45) is 11.8 Å². The van der Waals surface area contributed by atoms with E-state index in [4.69, 9.17) is 0 Å². The van der Waals surface area contributed by atoms with Crippen molar-refractivity contribution in [3.63, 3.8) is 0 Å². The first kappa shape index (κ1) is 15.3. The Labute approximate surface area is 123 Å². The average Bonchev–Trinajstić information content (AvgIpc) is 2.38. The van der Waals surface area contributed by atoms with Gasteiger partial charge in [-0.2, -0.15) is 11.8 Å². The number of carbonyl (C=O) groups excluding carboxylic acids is 1. The molecule has 110 valence electrons. The first-order valence-electron chi connectivity index (χ1n) is 6.98. The molecule has 0 bridgehead atoms. The number of rotatable bonds is 7. The fraction of sp³-hybridized carbons (Fsp3) is 0.533. The van der Waals surface area contributed by atoms with E-state index in [0.29, 0.717) is 18.2 Å². The zero-order chi connectivity index (χ0) is 14.4. The van der Waals surface area contributed by atoms with Gasteiger partial charge in [-0.25, -0.2) is 4.39 Å². The highest BCUT2D eigenvalue weighted by atomic mass is 32.2. The maximum absolute atomic E-state index is 13.4. The molecule has 0 aromatic heterocycles. The quantitative estimate of drug-likeness (QED) is 0.757. The van der Waals surface area contributed by atoms with E-state index in [-0.39, 0.29) is 17.6 Å². The third-order valence-corrected chi connectivity index (χ3v) is 4.70. The molecule has 0 radical (unpaired) electrons. The van der Waals surface area contributed by atoms with Crippen LogP contribution >= 0.6 is 11.8 Å². The van der Waals surface area contributed by atoms with E-state index < -0.39 is 0 Å². The third kappa shape index (κ3) is 4.21. The van der Waals surface area contributed by atoms with Crippen LogP contribution < -0.4 is 10.6 Å². The fourth-order valence-corrected chi connectivity index (χ4v) is 2.93. The molecule has 1 aliphatic heterocycles. The smallest absolute Gasteiger partial charge is 0.223 e. The highest BCUT2D eigenvalue weighted by Crippen LogP contribution is 2.16. The van der Waals surface area contributed by atoms with Gasteiger partial charge in [-0.05, 0) is 30.6 Å². The Morgan fingerprint density at radius 1 is 1.50 bits per heavy atom. The summed E-state index contributed by atoms with van der Waals surface area (Å²) in [5.74, 6) is 1.97. The van der Waals surface area contributed by atoms with E-state index in [2.05, 4.69) is 10.6 Å². The highest BCUT2D eigenvalue weighted by Gasteiger charge is 2.28. The number of halogens is 1. The molecule has 1 heterocycles. The van der Waals surface area contributed by atoms with E-state index in [0.717, 1.165) is 24.4 Å². The monoisotopic (exact) mass is 296 g/mol. The molecule has 1 unspecified atom stereocenters. The Kier molecular flexibility index (Phi) is 5.86. The molecular weight excluding hydrogens is 275 g/mol. The molecule has 3 nitrogen and oxygen atoms in total. The van der Waals surface area contributed by atoms with E-state index in [9.17, 15) is 9.18 Å². The van der Waals surface area contributed by atoms with Crippen molar-refractivity contribution in [1.82, 2.24) is 10.6 Å².